The second-order valence-corrected chi connectivity index (χ2v) is 5.85. The van der Waals surface area contributed by atoms with E-state index in [1.165, 1.54) is 16.7 Å². The summed E-state index contributed by atoms with van der Waals surface area (Å²) in [5.74, 6) is -0.802. The molecule has 0 radical (unpaired) electrons. The number of hydrogen-bond acceptors (Lipinski definition) is 4. The Morgan fingerprint density at radius 2 is 1.92 bits per heavy atom. The van der Waals surface area contributed by atoms with Crippen molar-refractivity contribution in [1.82, 2.24) is 4.90 Å². The zero-order valence-corrected chi connectivity index (χ0v) is 14.8. The van der Waals surface area contributed by atoms with Gasteiger partial charge < -0.3 is 34.2 Å². The first-order valence-corrected chi connectivity index (χ1v) is 7.24. The van der Waals surface area contributed by atoms with E-state index in [0.717, 1.165) is 5.57 Å². The molecular formula is C13H19Cl2N3O5S. The molecule has 2 aliphatic heterocycles. The highest BCUT2D eigenvalue weighted by atomic mass is 35.5. The van der Waals surface area contributed by atoms with Gasteiger partial charge in [-0.3, -0.25) is 9.69 Å². The molecule has 7 N–H and O–H groups in total. The number of rotatable bonds is 3. The number of carboxylic acids is 1. The maximum absolute atomic E-state index is 11.8. The number of halogens is 2. The van der Waals surface area contributed by atoms with Gasteiger partial charge in [0.15, 0.2) is 18.9 Å². The van der Waals surface area contributed by atoms with Crippen molar-refractivity contribution in [3.05, 3.63) is 41.9 Å². The van der Waals surface area contributed by atoms with Gasteiger partial charge in [0.1, 0.15) is 17.1 Å². The van der Waals surface area contributed by atoms with Crippen LogP contribution in [0.5, 0.6) is 0 Å². The molecule has 2 aliphatic rings. The van der Waals surface area contributed by atoms with Crippen LogP contribution in [-0.4, -0.2) is 50.0 Å². The quantitative estimate of drug-likeness (QED) is 0.386. The van der Waals surface area contributed by atoms with Crippen LogP contribution in [0.15, 0.2) is 41.9 Å². The van der Waals surface area contributed by atoms with Crippen LogP contribution < -0.4 is 22.7 Å². The van der Waals surface area contributed by atoms with E-state index in [2.05, 4.69) is 0 Å². The van der Waals surface area contributed by atoms with E-state index in [-0.39, 0.29) is 52.7 Å². The molecule has 0 unspecified atom stereocenters. The molecule has 3 heterocycles. The summed E-state index contributed by atoms with van der Waals surface area (Å²) in [6.45, 7) is 0.460. The molecule has 3 rings (SSSR count). The molecule has 1 saturated heterocycles. The van der Waals surface area contributed by atoms with Crippen LogP contribution in [0.3, 0.4) is 0 Å². The van der Waals surface area contributed by atoms with E-state index < -0.39 is 12.0 Å². The predicted octanol–water partition coefficient (Wildman–Crippen LogP) is -4.67. The van der Waals surface area contributed by atoms with Crippen LogP contribution in [0.2, 0.25) is 0 Å². The van der Waals surface area contributed by atoms with Crippen molar-refractivity contribution in [3.8, 4) is 0 Å². The Bertz CT molecular complexity index is 617. The summed E-state index contributed by atoms with van der Waals surface area (Å²) in [5.41, 5.74) is 6.53. The fourth-order valence-electron chi connectivity index (χ4n) is 2.46. The van der Waals surface area contributed by atoms with Crippen molar-refractivity contribution in [2.75, 3.05) is 5.75 Å². The Morgan fingerprint density at radius 3 is 2.46 bits per heavy atom. The lowest BCUT2D eigenvalue weighted by molar-refractivity contribution is -0.689. The number of hydrogen-bond donors (Lipinski definition) is 2. The highest BCUT2D eigenvalue weighted by Gasteiger charge is 2.52. The molecule has 2 atom stereocenters. The van der Waals surface area contributed by atoms with Gasteiger partial charge in [0, 0.05) is 23.5 Å². The second kappa shape index (κ2) is 9.82. The third-order valence-electron chi connectivity index (χ3n) is 3.44. The Morgan fingerprint density at radius 1 is 1.33 bits per heavy atom. The fourth-order valence-corrected chi connectivity index (χ4v) is 3.74. The van der Waals surface area contributed by atoms with Crippen molar-refractivity contribution in [1.29, 1.82) is 0 Å². The minimum absolute atomic E-state index is 0. The highest BCUT2D eigenvalue weighted by molar-refractivity contribution is 8.00. The van der Waals surface area contributed by atoms with Gasteiger partial charge in [-0.2, -0.15) is 0 Å². The molecule has 24 heavy (non-hydrogen) atoms. The Balaban J connectivity index is 0. The number of carbonyl (C=O) groups is 2. The van der Waals surface area contributed by atoms with Gasteiger partial charge in [0.25, 0.3) is 0 Å². The number of carboxylic acid groups (broad SMARTS) is 1. The van der Waals surface area contributed by atoms with E-state index in [0.29, 0.717) is 12.3 Å². The lowest BCUT2D eigenvalue weighted by atomic mass is 10.0. The average Bonchev–Trinajstić information content (AvgIpc) is 2.46. The number of amides is 1. The monoisotopic (exact) mass is 399 g/mol. The minimum Gasteiger partial charge on any atom is -1.00 e. The number of aromatic nitrogens is 1. The van der Waals surface area contributed by atoms with Crippen molar-refractivity contribution in [2.45, 2.75) is 18.0 Å². The number of nitrogens with two attached hydrogens (primary N) is 1. The number of carbonyl (C=O) groups excluding carboxylic acids is 1. The summed E-state index contributed by atoms with van der Waals surface area (Å²) in [5, 5.41) is 9.16. The summed E-state index contributed by atoms with van der Waals surface area (Å²) >= 11 is 1.52. The van der Waals surface area contributed by atoms with Gasteiger partial charge in [-0.05, 0) is 0 Å². The first kappa shape index (κ1) is 24.9. The molecule has 1 aromatic heterocycles. The molecule has 8 nitrogen and oxygen atoms in total. The molecule has 0 aliphatic carbocycles. The van der Waals surface area contributed by atoms with E-state index >= 15 is 0 Å². The molecule has 1 fully saturated rings. The molecule has 1 aromatic rings. The summed E-state index contributed by atoms with van der Waals surface area (Å²) in [6.07, 6.45) is 3.74. The molecule has 136 valence electrons. The van der Waals surface area contributed by atoms with Crippen LogP contribution in [-0.2, 0) is 16.1 Å². The fraction of sp³-hybridized carbons (Fsp3) is 0.308. The van der Waals surface area contributed by atoms with E-state index in [1.807, 2.05) is 35.2 Å². The standard InChI is InChI=1S/C13H13N3O3S.2ClH.2H2O/c14-9-11(17)16-10(13(18)19)8(7-20-12(9)16)6-15-4-2-1-3-5-15;;;;/h1-5,9,12H,6-7,14H2;2*1H;2*1H2/t9-,12-;;;;/m1..../s1. The largest absolute Gasteiger partial charge is 1.00 e. The van der Waals surface area contributed by atoms with Crippen molar-refractivity contribution < 1.29 is 42.6 Å². The summed E-state index contributed by atoms with van der Waals surface area (Å²) in [6, 6.07) is 5.07. The summed E-state index contributed by atoms with van der Waals surface area (Å²) in [4.78, 5) is 24.6. The molecular weight excluding hydrogens is 381 g/mol. The second-order valence-electron chi connectivity index (χ2n) is 4.74. The topological polar surface area (TPSA) is 151 Å². The van der Waals surface area contributed by atoms with Gasteiger partial charge in [0.05, 0.1) is 0 Å². The number of pyridine rings is 1. The Hall–Kier alpha value is -1.36. The normalized spacial score (nSPS) is 21.0. The Labute approximate surface area is 155 Å². The number of nitrogens with zero attached hydrogens (tertiary/aromatic N) is 2. The molecule has 11 heteroatoms. The lowest BCUT2D eigenvalue weighted by Gasteiger charge is -2.47. The van der Waals surface area contributed by atoms with Crippen LogP contribution in [0, 0.1) is 0 Å². The third-order valence-corrected chi connectivity index (χ3v) is 4.80. The summed E-state index contributed by atoms with van der Waals surface area (Å²) < 4.78 is 1.89. The number of fused-ring (bicyclic) bond motifs is 1. The first-order valence-electron chi connectivity index (χ1n) is 6.19. The number of thioether (sulfide) groups is 1. The zero-order chi connectivity index (χ0) is 14.3. The van der Waals surface area contributed by atoms with Gasteiger partial charge >= 0.3 is 5.97 Å². The van der Waals surface area contributed by atoms with Gasteiger partial charge in [-0.25, -0.2) is 9.36 Å². The predicted molar refractivity (Wildman–Crippen MR) is 86.8 cm³/mol. The molecule has 1 amide bonds. The van der Waals surface area contributed by atoms with Crippen molar-refractivity contribution >= 4 is 36.0 Å². The van der Waals surface area contributed by atoms with Crippen LogP contribution in [0.4, 0.5) is 0 Å². The van der Waals surface area contributed by atoms with Crippen molar-refractivity contribution in [3.63, 3.8) is 0 Å². The van der Waals surface area contributed by atoms with Crippen LogP contribution in [0.1, 0.15) is 0 Å². The SMILES string of the molecule is Cl.N[C@@H]1C(=O)N2C(C(=O)O)=C(C[n+]3ccccc3)CS[C@H]12.O.O.[Cl-]. The van der Waals surface area contributed by atoms with Crippen LogP contribution >= 0.6 is 24.2 Å². The van der Waals surface area contributed by atoms with Crippen LogP contribution in [0.25, 0.3) is 0 Å². The van der Waals surface area contributed by atoms with E-state index in [1.54, 1.807) is 0 Å². The summed E-state index contributed by atoms with van der Waals surface area (Å²) in [7, 11) is 0. The van der Waals surface area contributed by atoms with E-state index in [9.17, 15) is 14.7 Å². The van der Waals surface area contributed by atoms with Gasteiger partial charge in [-0.1, -0.05) is 6.07 Å². The average molecular weight is 400 g/mol. The van der Waals surface area contributed by atoms with Gasteiger partial charge in [0.2, 0.25) is 5.91 Å². The zero-order valence-electron chi connectivity index (χ0n) is 12.4. The molecule has 0 bridgehead atoms. The Kier molecular flexibility index (Phi) is 10.2. The molecule has 0 spiro atoms. The highest BCUT2D eigenvalue weighted by Crippen LogP contribution is 2.39. The van der Waals surface area contributed by atoms with Crippen molar-refractivity contribution in [2.24, 2.45) is 5.73 Å². The smallest absolute Gasteiger partial charge is 0.352 e. The number of aliphatic carboxylic acids is 1. The molecule has 0 saturated carbocycles. The molecule has 0 aromatic carbocycles. The minimum atomic E-state index is -1.07. The maximum Gasteiger partial charge on any atom is 0.352 e. The third kappa shape index (κ3) is 4.18. The number of β-lactam (4-membered cyclic amide) rings is 1. The van der Waals surface area contributed by atoms with E-state index in [4.69, 9.17) is 5.73 Å². The lowest BCUT2D eigenvalue weighted by Crippen LogP contribution is -3.00. The maximum atomic E-state index is 11.8. The van der Waals surface area contributed by atoms with Gasteiger partial charge in [-0.15, -0.1) is 24.2 Å². The first-order chi connectivity index (χ1) is 9.59.